The van der Waals surface area contributed by atoms with Crippen LogP contribution in [0.4, 0.5) is 0 Å². The fraction of sp³-hybridized carbons (Fsp3) is 0.868. The monoisotopic (exact) mass is 657 g/mol. The molecule has 266 valence electrons. The standard InChI is InChI=1S/C38H63N3O6/c1-11-14-24(33(46)47)19-28(42)27-21-38(36(8,9)37(38)16-13-17-37)23-41(27)32(45)26(34(2,3)4)20-29(43)30(35(5,6)7)39-31(44)25-15-12-18-40(10)22-25/h24-27,30H,11-23H2,1-10H3,(H,39,44)(H,46,47)/t24-,25-,26-,27-,30+,38-/m0/s1. The van der Waals surface area contributed by atoms with Crippen LogP contribution in [0.5, 0.6) is 0 Å². The summed E-state index contributed by atoms with van der Waals surface area (Å²) >= 11 is 0. The first-order valence-electron chi connectivity index (χ1n) is 18.2. The normalized spacial score (nSPS) is 28.8. The second-order valence-electron chi connectivity index (χ2n) is 18.3. The van der Waals surface area contributed by atoms with Gasteiger partial charge in [0.15, 0.2) is 11.6 Å². The highest BCUT2D eigenvalue weighted by Gasteiger charge is 2.85. The molecule has 2 aliphatic heterocycles. The van der Waals surface area contributed by atoms with E-state index in [4.69, 9.17) is 0 Å². The van der Waals surface area contributed by atoms with Gasteiger partial charge in [0.1, 0.15) is 0 Å². The van der Waals surface area contributed by atoms with E-state index in [0.29, 0.717) is 32.4 Å². The van der Waals surface area contributed by atoms with Crippen LogP contribution in [0.3, 0.4) is 0 Å². The minimum atomic E-state index is -0.971. The van der Waals surface area contributed by atoms with Crippen LogP contribution in [0.1, 0.15) is 127 Å². The van der Waals surface area contributed by atoms with E-state index < -0.39 is 40.7 Å². The number of nitrogens with one attached hydrogen (secondary N) is 1. The zero-order valence-corrected chi connectivity index (χ0v) is 31.0. The number of fused-ring (bicyclic) bond motifs is 1. The largest absolute Gasteiger partial charge is 0.481 e. The smallest absolute Gasteiger partial charge is 0.306 e. The van der Waals surface area contributed by atoms with Gasteiger partial charge in [-0.2, -0.15) is 0 Å². The quantitative estimate of drug-likeness (QED) is 0.274. The van der Waals surface area contributed by atoms with Crippen molar-refractivity contribution in [3.63, 3.8) is 0 Å². The van der Waals surface area contributed by atoms with Crippen LogP contribution in [-0.4, -0.2) is 83.0 Å². The lowest BCUT2D eigenvalue weighted by Gasteiger charge is -2.38. The van der Waals surface area contributed by atoms with Crippen LogP contribution < -0.4 is 5.32 Å². The molecule has 2 heterocycles. The zero-order chi connectivity index (χ0) is 35.3. The first-order valence-corrected chi connectivity index (χ1v) is 18.2. The summed E-state index contributed by atoms with van der Waals surface area (Å²) in [5.41, 5.74) is -1.25. The Morgan fingerprint density at radius 3 is 2.04 bits per heavy atom. The first kappa shape index (κ1) is 37.5. The fourth-order valence-corrected chi connectivity index (χ4v) is 9.86. The molecule has 4 aliphatic rings. The van der Waals surface area contributed by atoms with Crippen LogP contribution in [0.15, 0.2) is 0 Å². The van der Waals surface area contributed by atoms with E-state index in [-0.39, 0.29) is 58.4 Å². The topological polar surface area (TPSA) is 124 Å². The molecule has 9 heteroatoms. The highest BCUT2D eigenvalue weighted by atomic mass is 16.4. The molecule has 0 aromatic carbocycles. The number of carboxylic acids is 1. The summed E-state index contributed by atoms with van der Waals surface area (Å²) in [6, 6.07) is -1.45. The molecule has 0 unspecified atom stereocenters. The third-order valence-corrected chi connectivity index (χ3v) is 13.1. The Labute approximate surface area is 283 Å². The van der Waals surface area contributed by atoms with Gasteiger partial charge in [0.25, 0.3) is 0 Å². The first-order chi connectivity index (χ1) is 21.6. The van der Waals surface area contributed by atoms with Gasteiger partial charge in [-0.3, -0.25) is 24.0 Å². The number of Topliss-reactive ketones (excluding diaryl/α,β-unsaturated/α-hetero) is 2. The van der Waals surface area contributed by atoms with Gasteiger partial charge in [-0.1, -0.05) is 75.2 Å². The molecule has 6 atom stereocenters. The van der Waals surface area contributed by atoms with Gasteiger partial charge in [0, 0.05) is 37.3 Å². The van der Waals surface area contributed by atoms with E-state index in [1.54, 1.807) is 4.90 Å². The average Bonchev–Trinajstić information content (AvgIpc) is 3.16. The van der Waals surface area contributed by atoms with Crippen LogP contribution in [0.25, 0.3) is 0 Å². The lowest BCUT2D eigenvalue weighted by Crippen LogP contribution is -2.54. The van der Waals surface area contributed by atoms with Crippen LogP contribution >= 0.6 is 0 Å². The summed E-state index contributed by atoms with van der Waals surface area (Å²) < 4.78 is 0. The molecule has 2 N–H and O–H groups in total. The number of rotatable bonds is 12. The molecule has 2 saturated carbocycles. The predicted octanol–water partition coefficient (Wildman–Crippen LogP) is 5.74. The van der Waals surface area contributed by atoms with Crippen molar-refractivity contribution in [1.29, 1.82) is 0 Å². The van der Waals surface area contributed by atoms with E-state index in [2.05, 4.69) is 24.1 Å². The summed E-state index contributed by atoms with van der Waals surface area (Å²) in [4.78, 5) is 72.5. The number of carbonyl (C=O) groups is 5. The number of hydrogen-bond acceptors (Lipinski definition) is 6. The second kappa shape index (κ2) is 13.2. The maximum absolute atomic E-state index is 14.8. The molecule has 0 bridgehead atoms. The lowest BCUT2D eigenvalue weighted by molar-refractivity contribution is -0.148. The Morgan fingerprint density at radius 2 is 1.57 bits per heavy atom. The highest BCUT2D eigenvalue weighted by Crippen LogP contribution is 2.88. The van der Waals surface area contributed by atoms with Crippen molar-refractivity contribution >= 4 is 29.4 Å². The van der Waals surface area contributed by atoms with Gasteiger partial charge in [0.2, 0.25) is 11.8 Å². The lowest BCUT2D eigenvalue weighted by atomic mass is 9.73. The second-order valence-corrected chi connectivity index (χ2v) is 18.3. The minimum Gasteiger partial charge on any atom is -0.481 e. The van der Waals surface area contributed by atoms with E-state index in [1.807, 2.05) is 55.5 Å². The number of piperidine rings is 1. The summed E-state index contributed by atoms with van der Waals surface area (Å²) in [6.45, 7) is 20.2. The molecule has 0 aromatic rings. The number of nitrogens with zero attached hydrogens (tertiary/aromatic N) is 2. The Morgan fingerprint density at radius 1 is 0.936 bits per heavy atom. The number of aliphatic carboxylic acids is 1. The molecule has 2 spiro atoms. The number of likely N-dealkylation sites (tertiary alicyclic amines) is 2. The van der Waals surface area contributed by atoms with Gasteiger partial charge in [-0.25, -0.2) is 0 Å². The molecule has 4 fully saturated rings. The van der Waals surface area contributed by atoms with Crippen molar-refractivity contribution in [2.24, 2.45) is 44.8 Å². The Balaban J connectivity index is 1.61. The summed E-state index contributed by atoms with van der Waals surface area (Å²) in [6.07, 6.45) is 6.54. The molecular weight excluding hydrogens is 594 g/mol. The third kappa shape index (κ3) is 6.81. The van der Waals surface area contributed by atoms with Crippen molar-refractivity contribution in [2.75, 3.05) is 26.7 Å². The summed E-state index contributed by atoms with van der Waals surface area (Å²) in [5, 5.41) is 13.0. The minimum absolute atomic E-state index is 0.0245. The molecule has 9 nitrogen and oxygen atoms in total. The number of ketones is 2. The highest BCUT2D eigenvalue weighted by molar-refractivity contribution is 5.96. The summed E-state index contributed by atoms with van der Waals surface area (Å²) in [5.74, 6) is -3.28. The van der Waals surface area contributed by atoms with Gasteiger partial charge >= 0.3 is 5.97 Å². The molecule has 2 amide bonds. The molecule has 2 aliphatic carbocycles. The van der Waals surface area contributed by atoms with Crippen molar-refractivity contribution in [1.82, 2.24) is 15.1 Å². The molecular formula is C38H63N3O6. The number of amides is 2. The van der Waals surface area contributed by atoms with Crippen LogP contribution in [-0.2, 0) is 24.0 Å². The maximum Gasteiger partial charge on any atom is 0.306 e. The molecule has 2 saturated heterocycles. The average molecular weight is 658 g/mol. The summed E-state index contributed by atoms with van der Waals surface area (Å²) in [7, 11) is 2.01. The number of hydrogen-bond donors (Lipinski definition) is 2. The molecule has 0 aromatic heterocycles. The van der Waals surface area contributed by atoms with Crippen LogP contribution in [0.2, 0.25) is 0 Å². The van der Waals surface area contributed by atoms with E-state index in [0.717, 1.165) is 38.6 Å². The van der Waals surface area contributed by atoms with Crippen molar-refractivity contribution in [3.05, 3.63) is 0 Å². The fourth-order valence-electron chi connectivity index (χ4n) is 9.86. The maximum atomic E-state index is 14.8. The van der Waals surface area contributed by atoms with Gasteiger partial charge in [0.05, 0.1) is 23.9 Å². The van der Waals surface area contributed by atoms with E-state index in [9.17, 15) is 29.1 Å². The Kier molecular flexibility index (Phi) is 10.5. The van der Waals surface area contributed by atoms with Crippen molar-refractivity contribution < 1.29 is 29.1 Å². The third-order valence-electron chi connectivity index (χ3n) is 13.1. The Bertz CT molecular complexity index is 1240. The van der Waals surface area contributed by atoms with Gasteiger partial charge < -0.3 is 20.2 Å². The predicted molar refractivity (Wildman–Crippen MR) is 182 cm³/mol. The van der Waals surface area contributed by atoms with Crippen molar-refractivity contribution in [3.8, 4) is 0 Å². The number of carbonyl (C=O) groups excluding carboxylic acids is 4. The zero-order valence-electron chi connectivity index (χ0n) is 31.0. The number of carboxylic acid groups (broad SMARTS) is 1. The SMILES string of the molecule is CCC[C@@H](CC(=O)[C@@H]1C[C@]2(CN1C(=O)[C@H](CC(=O)[C@@H](NC(=O)[C@H]1CCCN(C)C1)C(C)(C)C)C(C)(C)C)C(C)(C)C21CCC1)C(=O)O. The van der Waals surface area contributed by atoms with Crippen molar-refractivity contribution in [2.45, 2.75) is 139 Å². The van der Waals surface area contributed by atoms with Crippen LogP contribution in [0, 0.1) is 44.8 Å². The van der Waals surface area contributed by atoms with Gasteiger partial charge in [-0.05, 0) is 73.8 Å². The van der Waals surface area contributed by atoms with E-state index in [1.165, 1.54) is 0 Å². The molecule has 0 radical (unpaired) electrons. The van der Waals surface area contributed by atoms with E-state index >= 15 is 0 Å². The Hall–Kier alpha value is -2.29. The van der Waals surface area contributed by atoms with Gasteiger partial charge in [-0.15, -0.1) is 0 Å². The molecule has 47 heavy (non-hydrogen) atoms. The molecule has 4 rings (SSSR count).